The van der Waals surface area contributed by atoms with Crippen molar-refractivity contribution in [1.82, 2.24) is 4.72 Å². The Morgan fingerprint density at radius 1 is 1.09 bits per heavy atom. The Balaban J connectivity index is 0.00000264. The van der Waals surface area contributed by atoms with E-state index >= 15 is 0 Å². The van der Waals surface area contributed by atoms with Gasteiger partial charge in [-0.25, -0.2) is 13.1 Å². The summed E-state index contributed by atoms with van der Waals surface area (Å²) in [5.41, 5.74) is 1.38. The number of nitrogens with two attached hydrogens (primary N) is 1. The van der Waals surface area contributed by atoms with Gasteiger partial charge in [0.05, 0.1) is 4.90 Å². The minimum atomic E-state index is -4.39. The Hall–Kier alpha value is -0.480. The monoisotopic (exact) mass is 390 g/mol. The zero-order valence-corrected chi connectivity index (χ0v) is 14.5. The molecule has 1 aromatic rings. The van der Waals surface area contributed by atoms with Crippen LogP contribution in [0.2, 0.25) is 0 Å². The van der Waals surface area contributed by atoms with Crippen molar-refractivity contribution in [3.8, 4) is 0 Å². The van der Waals surface area contributed by atoms with Crippen LogP contribution in [0.5, 0.6) is 0 Å². The zero-order chi connectivity index (χ0) is 16.4. The fourth-order valence-corrected chi connectivity index (χ4v) is 4.19. The Bertz CT molecular complexity index is 601. The van der Waals surface area contributed by atoms with Crippen molar-refractivity contribution in [3.05, 3.63) is 24.3 Å². The molecule has 1 fully saturated rings. The van der Waals surface area contributed by atoms with Crippen molar-refractivity contribution in [2.24, 2.45) is 5.73 Å². The number of nitrogens with one attached hydrogen (secondary N) is 1. The van der Waals surface area contributed by atoms with E-state index in [0.29, 0.717) is 12.8 Å². The second kappa shape index (κ2) is 8.06. The maximum Gasteiger partial charge on any atom is 0.446 e. The highest BCUT2D eigenvalue weighted by Gasteiger charge is 2.29. The molecule has 1 aliphatic rings. The van der Waals surface area contributed by atoms with Gasteiger partial charge in [0, 0.05) is 17.0 Å². The van der Waals surface area contributed by atoms with E-state index in [-0.39, 0.29) is 46.0 Å². The number of thioether (sulfide) groups is 1. The van der Waals surface area contributed by atoms with Crippen molar-refractivity contribution < 1.29 is 21.6 Å². The van der Waals surface area contributed by atoms with Gasteiger partial charge in [-0.3, -0.25) is 0 Å². The predicted molar refractivity (Wildman–Crippen MR) is 86.2 cm³/mol. The number of halogens is 4. The molecule has 0 aromatic heterocycles. The van der Waals surface area contributed by atoms with Gasteiger partial charge in [0.2, 0.25) is 10.0 Å². The lowest BCUT2D eigenvalue weighted by Crippen LogP contribution is -2.40. The molecule has 23 heavy (non-hydrogen) atoms. The lowest BCUT2D eigenvalue weighted by Gasteiger charge is -2.26. The molecule has 1 aliphatic carbocycles. The third kappa shape index (κ3) is 6.50. The molecule has 0 bridgehead atoms. The van der Waals surface area contributed by atoms with Crippen LogP contribution in [0.1, 0.15) is 25.7 Å². The Labute approximate surface area is 143 Å². The quantitative estimate of drug-likeness (QED) is 0.774. The van der Waals surface area contributed by atoms with E-state index in [0.717, 1.165) is 25.0 Å². The molecule has 3 N–H and O–H groups in total. The van der Waals surface area contributed by atoms with Gasteiger partial charge >= 0.3 is 5.51 Å². The molecular weight excluding hydrogens is 373 g/mol. The minimum Gasteiger partial charge on any atom is -0.328 e. The summed E-state index contributed by atoms with van der Waals surface area (Å²) in [6, 6.07) is 4.62. The SMILES string of the molecule is Cl.NC1CCC(NS(=O)(=O)c2ccc(SC(F)(F)F)cc2)CC1. The van der Waals surface area contributed by atoms with Crippen LogP contribution in [0.15, 0.2) is 34.1 Å². The Kier molecular flexibility index (Phi) is 7.21. The second-order valence-corrected chi connectivity index (χ2v) is 8.10. The van der Waals surface area contributed by atoms with Crippen molar-refractivity contribution in [2.75, 3.05) is 0 Å². The van der Waals surface area contributed by atoms with Crippen LogP contribution in [0.3, 0.4) is 0 Å². The largest absolute Gasteiger partial charge is 0.446 e. The molecule has 0 saturated heterocycles. The summed E-state index contributed by atoms with van der Waals surface area (Å²) in [5.74, 6) is 0. The van der Waals surface area contributed by atoms with E-state index in [1.807, 2.05) is 0 Å². The van der Waals surface area contributed by atoms with E-state index < -0.39 is 15.5 Å². The van der Waals surface area contributed by atoms with Crippen LogP contribution >= 0.6 is 24.2 Å². The number of rotatable bonds is 4. The van der Waals surface area contributed by atoms with Gasteiger partial charge in [0.25, 0.3) is 0 Å². The van der Waals surface area contributed by atoms with E-state index in [9.17, 15) is 21.6 Å². The van der Waals surface area contributed by atoms with Gasteiger partial charge in [-0.2, -0.15) is 13.2 Å². The molecule has 10 heteroatoms. The fourth-order valence-electron chi connectivity index (χ4n) is 2.34. The van der Waals surface area contributed by atoms with Crippen LogP contribution in [0.4, 0.5) is 13.2 Å². The van der Waals surface area contributed by atoms with E-state index in [4.69, 9.17) is 5.73 Å². The van der Waals surface area contributed by atoms with Crippen LogP contribution in [-0.2, 0) is 10.0 Å². The third-order valence-electron chi connectivity index (χ3n) is 3.46. The maximum absolute atomic E-state index is 12.2. The lowest BCUT2D eigenvalue weighted by molar-refractivity contribution is -0.0328. The summed E-state index contributed by atoms with van der Waals surface area (Å²) in [6.45, 7) is 0. The highest BCUT2D eigenvalue weighted by molar-refractivity contribution is 8.00. The summed E-state index contributed by atoms with van der Waals surface area (Å²) < 4.78 is 63.7. The standard InChI is InChI=1S/C13H17F3N2O2S2.ClH/c14-13(15,16)21-11-5-7-12(8-6-11)22(19,20)18-10-3-1-9(17)2-4-10;/h5-10,18H,1-4,17H2;1H. The Morgan fingerprint density at radius 3 is 2.09 bits per heavy atom. The average molecular weight is 391 g/mol. The van der Waals surface area contributed by atoms with E-state index in [2.05, 4.69) is 4.72 Å². The first kappa shape index (κ1) is 20.6. The highest BCUT2D eigenvalue weighted by atomic mass is 35.5. The predicted octanol–water partition coefficient (Wildman–Crippen LogP) is 3.27. The van der Waals surface area contributed by atoms with Crippen LogP contribution in [0.25, 0.3) is 0 Å². The number of hydrogen-bond donors (Lipinski definition) is 2. The smallest absolute Gasteiger partial charge is 0.328 e. The van der Waals surface area contributed by atoms with Gasteiger partial charge < -0.3 is 5.73 Å². The van der Waals surface area contributed by atoms with E-state index in [1.54, 1.807) is 0 Å². The molecule has 0 unspecified atom stereocenters. The molecule has 132 valence electrons. The number of hydrogen-bond acceptors (Lipinski definition) is 4. The van der Waals surface area contributed by atoms with Crippen molar-refractivity contribution in [2.45, 2.75) is 53.1 Å². The third-order valence-corrected chi connectivity index (χ3v) is 5.74. The molecule has 0 radical (unpaired) electrons. The first-order chi connectivity index (χ1) is 10.2. The molecule has 0 spiro atoms. The van der Waals surface area contributed by atoms with Gasteiger partial charge in [-0.1, -0.05) is 0 Å². The zero-order valence-electron chi connectivity index (χ0n) is 12.0. The molecule has 0 atom stereocenters. The van der Waals surface area contributed by atoms with Crippen LogP contribution < -0.4 is 10.5 Å². The number of alkyl halides is 3. The first-order valence-corrected chi connectivity index (χ1v) is 9.09. The van der Waals surface area contributed by atoms with Gasteiger partial charge in [0.15, 0.2) is 0 Å². The van der Waals surface area contributed by atoms with Crippen LogP contribution in [0, 0.1) is 0 Å². The normalized spacial score (nSPS) is 22.4. The second-order valence-electron chi connectivity index (χ2n) is 5.25. The average Bonchev–Trinajstić information content (AvgIpc) is 2.40. The summed E-state index contributed by atoms with van der Waals surface area (Å²) in [6.07, 6.45) is 2.85. The molecule has 2 rings (SSSR count). The van der Waals surface area contributed by atoms with Crippen molar-refractivity contribution in [1.29, 1.82) is 0 Å². The van der Waals surface area contributed by atoms with Crippen molar-refractivity contribution >= 4 is 34.2 Å². The molecule has 4 nitrogen and oxygen atoms in total. The summed E-state index contributed by atoms with van der Waals surface area (Å²) in [5, 5.41) is 0. The summed E-state index contributed by atoms with van der Waals surface area (Å²) in [4.78, 5) is -0.0796. The number of sulfonamides is 1. The molecule has 0 heterocycles. The highest BCUT2D eigenvalue weighted by Crippen LogP contribution is 2.37. The fraction of sp³-hybridized carbons (Fsp3) is 0.538. The van der Waals surface area contributed by atoms with E-state index in [1.165, 1.54) is 12.1 Å². The molecule has 0 amide bonds. The molecule has 1 saturated carbocycles. The molecular formula is C13H18ClF3N2O2S2. The Morgan fingerprint density at radius 2 is 1.61 bits per heavy atom. The first-order valence-electron chi connectivity index (χ1n) is 6.79. The van der Waals surface area contributed by atoms with Crippen molar-refractivity contribution in [3.63, 3.8) is 0 Å². The summed E-state index contributed by atoms with van der Waals surface area (Å²) in [7, 11) is -3.72. The summed E-state index contributed by atoms with van der Waals surface area (Å²) >= 11 is -0.273. The van der Waals surface area contributed by atoms with Gasteiger partial charge in [-0.15, -0.1) is 12.4 Å². The van der Waals surface area contributed by atoms with Gasteiger partial charge in [0.1, 0.15) is 0 Å². The van der Waals surface area contributed by atoms with Crippen LogP contribution in [-0.4, -0.2) is 26.0 Å². The minimum absolute atomic E-state index is 0. The lowest BCUT2D eigenvalue weighted by atomic mass is 9.93. The maximum atomic E-state index is 12.2. The topological polar surface area (TPSA) is 72.2 Å². The number of benzene rings is 1. The van der Waals surface area contributed by atoms with Gasteiger partial charge in [-0.05, 0) is 61.7 Å². The molecule has 1 aromatic carbocycles. The molecule has 0 aliphatic heterocycles.